The largest absolute Gasteiger partial charge is 0.462 e. The van der Waals surface area contributed by atoms with Crippen molar-refractivity contribution < 1.29 is 48.0 Å². The number of carbonyl (C=O) groups excluding carboxylic acids is 4. The third-order valence-corrected chi connectivity index (χ3v) is 12.7. The first kappa shape index (κ1) is 35.3. The second kappa shape index (κ2) is 12.8. The number of rotatable bonds is 8. The van der Waals surface area contributed by atoms with Crippen molar-refractivity contribution in [3.8, 4) is 0 Å². The summed E-state index contributed by atoms with van der Waals surface area (Å²) in [4.78, 5) is 51.0. The fourth-order valence-electron chi connectivity index (χ4n) is 10.9. The zero-order valence-electron chi connectivity index (χ0n) is 29.1. The zero-order valence-corrected chi connectivity index (χ0v) is 29.1. The molecule has 3 aliphatic carbocycles. The monoisotopic (exact) mass is 656 g/mol. The first-order chi connectivity index (χ1) is 22.0. The number of hydrogen-bond donors (Lipinski definition) is 1. The van der Waals surface area contributed by atoms with E-state index in [-0.39, 0.29) is 24.4 Å². The lowest BCUT2D eigenvalue weighted by atomic mass is 9.35. The standard InChI is InChI=1S/C37H52O10/c1-21-18-30(45-24(4)39)35(8)28(37(21,42)17-14-27-12-10-9-11-13-27)15-16-34(7)29-19-43-20-36(29,22(2)44-23(3)38)33(47-26(6)41)31(32(34)35)46-25(5)40/h9-13,21-22,28-33,42H,14-20H2,1-8H3/t21?,22?,28-,29+,30-,31?,32?,33+,34+,35-,36-,37+/m1/s1. The van der Waals surface area contributed by atoms with Gasteiger partial charge in [-0.25, -0.2) is 0 Å². The van der Waals surface area contributed by atoms with Crippen LogP contribution < -0.4 is 0 Å². The van der Waals surface area contributed by atoms with Crippen LogP contribution in [0.25, 0.3) is 0 Å². The van der Waals surface area contributed by atoms with Gasteiger partial charge in [-0.05, 0) is 61.8 Å². The Hall–Kier alpha value is -2.98. The summed E-state index contributed by atoms with van der Waals surface area (Å²) in [6.45, 7) is 13.8. The van der Waals surface area contributed by atoms with Crippen LogP contribution in [0.1, 0.15) is 86.6 Å². The second-order valence-corrected chi connectivity index (χ2v) is 15.2. The highest BCUT2D eigenvalue weighted by molar-refractivity contribution is 5.68. The molecular formula is C37H52O10. The number of hydrogen-bond acceptors (Lipinski definition) is 10. The molecule has 1 aromatic rings. The molecule has 260 valence electrons. The lowest BCUT2D eigenvalue weighted by molar-refractivity contribution is -0.316. The molecule has 10 heteroatoms. The van der Waals surface area contributed by atoms with Crippen LogP contribution in [0, 0.1) is 39.9 Å². The third-order valence-electron chi connectivity index (χ3n) is 12.7. The molecule has 0 radical (unpaired) electrons. The Balaban J connectivity index is 1.71. The molecule has 1 aliphatic heterocycles. The molecule has 4 unspecified atom stereocenters. The molecule has 5 rings (SSSR count). The number of esters is 4. The van der Waals surface area contributed by atoms with Crippen LogP contribution in [-0.4, -0.2) is 72.2 Å². The van der Waals surface area contributed by atoms with Gasteiger partial charge in [-0.1, -0.05) is 51.1 Å². The molecule has 1 saturated heterocycles. The van der Waals surface area contributed by atoms with Crippen LogP contribution in [-0.2, 0) is 49.3 Å². The molecule has 4 fully saturated rings. The molecule has 1 heterocycles. The van der Waals surface area contributed by atoms with Crippen LogP contribution in [0.15, 0.2) is 30.3 Å². The summed E-state index contributed by atoms with van der Waals surface area (Å²) in [6, 6.07) is 10.1. The quantitative estimate of drug-likeness (QED) is 0.307. The van der Waals surface area contributed by atoms with E-state index in [4.69, 9.17) is 23.7 Å². The van der Waals surface area contributed by atoms with Crippen molar-refractivity contribution >= 4 is 23.9 Å². The van der Waals surface area contributed by atoms with Gasteiger partial charge in [0, 0.05) is 44.9 Å². The minimum Gasteiger partial charge on any atom is -0.462 e. The van der Waals surface area contributed by atoms with E-state index in [1.807, 2.05) is 25.1 Å². The number of carbonyl (C=O) groups is 4. The summed E-state index contributed by atoms with van der Waals surface area (Å²) in [6.07, 6.45) is -0.558. The predicted molar refractivity (Wildman–Crippen MR) is 171 cm³/mol. The van der Waals surface area contributed by atoms with Gasteiger partial charge in [0.2, 0.25) is 0 Å². The van der Waals surface area contributed by atoms with Gasteiger partial charge >= 0.3 is 23.9 Å². The molecular weight excluding hydrogens is 604 g/mol. The van der Waals surface area contributed by atoms with Gasteiger partial charge in [0.1, 0.15) is 18.3 Å². The van der Waals surface area contributed by atoms with Gasteiger partial charge in [-0.15, -0.1) is 0 Å². The molecule has 1 N–H and O–H groups in total. The molecule has 47 heavy (non-hydrogen) atoms. The lowest BCUT2D eigenvalue weighted by Crippen LogP contribution is -2.77. The smallest absolute Gasteiger partial charge is 0.303 e. The summed E-state index contributed by atoms with van der Waals surface area (Å²) in [7, 11) is 0. The Kier molecular flexibility index (Phi) is 9.63. The molecule has 1 aromatic carbocycles. The average molecular weight is 657 g/mol. The Morgan fingerprint density at radius 2 is 1.57 bits per heavy atom. The highest BCUT2D eigenvalue weighted by Crippen LogP contribution is 2.73. The van der Waals surface area contributed by atoms with E-state index in [1.54, 1.807) is 6.92 Å². The molecule has 3 saturated carbocycles. The summed E-state index contributed by atoms with van der Waals surface area (Å²) >= 11 is 0. The highest BCUT2D eigenvalue weighted by Gasteiger charge is 2.78. The second-order valence-electron chi connectivity index (χ2n) is 15.2. The van der Waals surface area contributed by atoms with Gasteiger partial charge < -0.3 is 28.8 Å². The maximum Gasteiger partial charge on any atom is 0.303 e. The Morgan fingerprint density at radius 1 is 0.936 bits per heavy atom. The van der Waals surface area contributed by atoms with Gasteiger partial charge in [0.05, 0.1) is 24.2 Å². The molecule has 0 aromatic heterocycles. The summed E-state index contributed by atoms with van der Waals surface area (Å²) in [5.74, 6) is -3.38. The van der Waals surface area contributed by atoms with Gasteiger partial charge in [0.15, 0.2) is 6.10 Å². The van der Waals surface area contributed by atoms with Crippen LogP contribution in [0.3, 0.4) is 0 Å². The van der Waals surface area contributed by atoms with Crippen LogP contribution >= 0.6 is 0 Å². The van der Waals surface area contributed by atoms with E-state index >= 15 is 0 Å². The van der Waals surface area contributed by atoms with E-state index in [0.717, 1.165) is 5.56 Å². The number of aliphatic hydroxyl groups is 1. The van der Waals surface area contributed by atoms with Crippen LogP contribution in [0.2, 0.25) is 0 Å². The fraction of sp³-hybridized carbons (Fsp3) is 0.730. The maximum absolute atomic E-state index is 13.0. The molecule has 4 aliphatic rings. The van der Waals surface area contributed by atoms with Gasteiger partial charge in [0.25, 0.3) is 0 Å². The van der Waals surface area contributed by atoms with Gasteiger partial charge in [-0.3, -0.25) is 19.2 Å². The summed E-state index contributed by atoms with van der Waals surface area (Å²) in [5, 5.41) is 12.9. The van der Waals surface area contributed by atoms with E-state index in [0.29, 0.717) is 38.7 Å². The summed E-state index contributed by atoms with van der Waals surface area (Å²) in [5.41, 5.74) is -2.56. The Bertz CT molecular complexity index is 1360. The average Bonchev–Trinajstić information content (AvgIpc) is 3.44. The fourth-order valence-corrected chi connectivity index (χ4v) is 10.9. The SMILES string of the molecule is CC(=O)OC1C2[C@]3(C)[C@@H](CC[C@@]2(C)[C@@H]2COC[C@]2(C(C)OC(C)=O)[C@H]1OC(C)=O)[C@](O)(CCc1ccccc1)C(C)C[C@H]3OC(C)=O. The lowest BCUT2D eigenvalue weighted by Gasteiger charge is -2.71. The van der Waals surface area contributed by atoms with E-state index in [2.05, 4.69) is 26.0 Å². The molecule has 10 nitrogen and oxygen atoms in total. The number of ether oxygens (including phenoxy) is 5. The molecule has 12 atom stereocenters. The molecule has 0 amide bonds. The van der Waals surface area contributed by atoms with Crippen LogP contribution in [0.4, 0.5) is 0 Å². The normalized spacial score (nSPS) is 41.3. The van der Waals surface area contributed by atoms with Crippen molar-refractivity contribution in [2.24, 2.45) is 39.9 Å². The van der Waals surface area contributed by atoms with Crippen molar-refractivity contribution in [3.05, 3.63) is 35.9 Å². The van der Waals surface area contributed by atoms with Crippen molar-refractivity contribution in [2.45, 2.75) is 118 Å². The number of benzene rings is 1. The Morgan fingerprint density at radius 3 is 2.17 bits per heavy atom. The third kappa shape index (κ3) is 5.77. The van der Waals surface area contributed by atoms with Crippen molar-refractivity contribution in [1.82, 2.24) is 0 Å². The number of fused-ring (bicyclic) bond motifs is 5. The van der Waals surface area contributed by atoms with E-state index < -0.39 is 76.1 Å². The minimum absolute atomic E-state index is 0.135. The maximum atomic E-state index is 13.0. The number of aryl methyl sites for hydroxylation is 1. The van der Waals surface area contributed by atoms with Crippen molar-refractivity contribution in [1.29, 1.82) is 0 Å². The van der Waals surface area contributed by atoms with E-state index in [9.17, 15) is 24.3 Å². The van der Waals surface area contributed by atoms with Crippen molar-refractivity contribution in [2.75, 3.05) is 13.2 Å². The molecule has 0 bridgehead atoms. The van der Waals surface area contributed by atoms with Crippen molar-refractivity contribution in [3.63, 3.8) is 0 Å². The topological polar surface area (TPSA) is 135 Å². The first-order valence-corrected chi connectivity index (χ1v) is 17.0. The van der Waals surface area contributed by atoms with Gasteiger partial charge in [-0.2, -0.15) is 0 Å². The summed E-state index contributed by atoms with van der Waals surface area (Å²) < 4.78 is 30.7. The zero-order chi connectivity index (χ0) is 34.5. The predicted octanol–water partition coefficient (Wildman–Crippen LogP) is 4.82. The van der Waals surface area contributed by atoms with E-state index in [1.165, 1.54) is 27.7 Å². The first-order valence-electron chi connectivity index (χ1n) is 17.0. The Labute approximate surface area is 278 Å². The minimum atomic E-state index is -1.13. The highest BCUT2D eigenvalue weighted by atomic mass is 16.6. The molecule has 0 spiro atoms. The van der Waals surface area contributed by atoms with Crippen LogP contribution in [0.5, 0.6) is 0 Å².